The van der Waals surface area contributed by atoms with Crippen molar-refractivity contribution < 1.29 is 4.42 Å². The van der Waals surface area contributed by atoms with E-state index in [2.05, 4.69) is 31.4 Å². The monoisotopic (exact) mass is 301 g/mol. The van der Waals surface area contributed by atoms with Crippen LogP contribution in [0, 0.1) is 6.92 Å². The van der Waals surface area contributed by atoms with Crippen molar-refractivity contribution in [2.45, 2.75) is 13.5 Å². The van der Waals surface area contributed by atoms with Crippen LogP contribution in [0.15, 0.2) is 27.1 Å². The molecule has 0 saturated heterocycles. The Morgan fingerprint density at radius 2 is 2.25 bits per heavy atom. The lowest BCUT2D eigenvalue weighted by Gasteiger charge is -2.04. The molecule has 2 rings (SSSR count). The van der Waals surface area contributed by atoms with Gasteiger partial charge in [0, 0.05) is 17.1 Å². The molecule has 4 nitrogen and oxygen atoms in total. The fourth-order valence-electron chi connectivity index (χ4n) is 1.19. The lowest BCUT2D eigenvalue weighted by molar-refractivity contribution is 0.475. The SMILES string of the molecule is Cc1nnc(CNc2ccc(Br)c(Cl)c2)o1. The van der Waals surface area contributed by atoms with Gasteiger partial charge in [-0.2, -0.15) is 0 Å². The van der Waals surface area contributed by atoms with Crippen LogP contribution in [0.4, 0.5) is 5.69 Å². The van der Waals surface area contributed by atoms with Crippen LogP contribution in [-0.4, -0.2) is 10.2 Å². The highest BCUT2D eigenvalue weighted by atomic mass is 79.9. The van der Waals surface area contributed by atoms with Gasteiger partial charge in [-0.25, -0.2) is 0 Å². The summed E-state index contributed by atoms with van der Waals surface area (Å²) < 4.78 is 6.10. The quantitative estimate of drug-likeness (QED) is 0.944. The van der Waals surface area contributed by atoms with E-state index in [9.17, 15) is 0 Å². The van der Waals surface area contributed by atoms with Gasteiger partial charge >= 0.3 is 0 Å². The molecule has 0 atom stereocenters. The van der Waals surface area contributed by atoms with Crippen LogP contribution in [0.25, 0.3) is 0 Å². The van der Waals surface area contributed by atoms with Crippen LogP contribution in [0.2, 0.25) is 5.02 Å². The molecule has 0 unspecified atom stereocenters. The highest BCUT2D eigenvalue weighted by molar-refractivity contribution is 9.10. The predicted octanol–water partition coefficient (Wildman–Crippen LogP) is 3.41. The molecule has 84 valence electrons. The van der Waals surface area contributed by atoms with Gasteiger partial charge in [-0.15, -0.1) is 10.2 Å². The van der Waals surface area contributed by atoms with E-state index in [1.807, 2.05) is 18.2 Å². The summed E-state index contributed by atoms with van der Waals surface area (Å²) >= 11 is 9.29. The minimum Gasteiger partial charge on any atom is -0.424 e. The van der Waals surface area contributed by atoms with Gasteiger partial charge in [-0.3, -0.25) is 0 Å². The van der Waals surface area contributed by atoms with Crippen molar-refractivity contribution in [3.8, 4) is 0 Å². The molecule has 0 fully saturated rings. The van der Waals surface area contributed by atoms with E-state index in [1.54, 1.807) is 6.92 Å². The third kappa shape index (κ3) is 2.74. The van der Waals surface area contributed by atoms with E-state index >= 15 is 0 Å². The molecule has 1 N–H and O–H groups in total. The molecule has 0 bridgehead atoms. The van der Waals surface area contributed by atoms with Crippen molar-refractivity contribution in [1.82, 2.24) is 10.2 Å². The summed E-state index contributed by atoms with van der Waals surface area (Å²) in [4.78, 5) is 0. The Hall–Kier alpha value is -1.07. The molecule has 0 aliphatic rings. The van der Waals surface area contributed by atoms with E-state index in [0.717, 1.165) is 10.2 Å². The number of rotatable bonds is 3. The summed E-state index contributed by atoms with van der Waals surface area (Å²) in [5, 5.41) is 11.4. The van der Waals surface area contributed by atoms with Gasteiger partial charge in [0.05, 0.1) is 11.6 Å². The van der Waals surface area contributed by atoms with Gasteiger partial charge in [0.2, 0.25) is 11.8 Å². The third-order valence-corrected chi connectivity index (χ3v) is 3.16. The zero-order valence-corrected chi connectivity index (χ0v) is 10.8. The highest BCUT2D eigenvalue weighted by Crippen LogP contribution is 2.25. The number of anilines is 1. The number of aromatic nitrogens is 2. The predicted molar refractivity (Wildman–Crippen MR) is 65.5 cm³/mol. The van der Waals surface area contributed by atoms with Crippen LogP contribution in [0.5, 0.6) is 0 Å². The van der Waals surface area contributed by atoms with Crippen LogP contribution >= 0.6 is 27.5 Å². The van der Waals surface area contributed by atoms with Crippen LogP contribution in [0.3, 0.4) is 0 Å². The number of hydrogen-bond acceptors (Lipinski definition) is 4. The van der Waals surface area contributed by atoms with E-state index in [1.165, 1.54) is 0 Å². The van der Waals surface area contributed by atoms with Gasteiger partial charge in [0.25, 0.3) is 0 Å². The van der Waals surface area contributed by atoms with Crippen molar-refractivity contribution in [3.05, 3.63) is 39.5 Å². The Morgan fingerprint density at radius 3 is 2.88 bits per heavy atom. The van der Waals surface area contributed by atoms with E-state index in [0.29, 0.717) is 23.3 Å². The van der Waals surface area contributed by atoms with Gasteiger partial charge in [-0.1, -0.05) is 11.6 Å². The van der Waals surface area contributed by atoms with Crippen LogP contribution in [-0.2, 0) is 6.54 Å². The average Bonchev–Trinajstić information content (AvgIpc) is 2.66. The Bertz CT molecular complexity index is 501. The smallest absolute Gasteiger partial charge is 0.235 e. The average molecular weight is 303 g/mol. The minimum absolute atomic E-state index is 0.485. The molecular formula is C10H9BrClN3O. The maximum absolute atomic E-state index is 5.96. The second kappa shape index (κ2) is 4.84. The lowest BCUT2D eigenvalue weighted by atomic mass is 10.3. The van der Waals surface area contributed by atoms with Crippen molar-refractivity contribution in [2.24, 2.45) is 0 Å². The summed E-state index contributed by atoms with van der Waals surface area (Å²) in [6, 6.07) is 5.62. The number of nitrogens with zero attached hydrogens (tertiary/aromatic N) is 2. The molecule has 0 radical (unpaired) electrons. The van der Waals surface area contributed by atoms with Crippen LogP contribution < -0.4 is 5.32 Å². The molecule has 1 heterocycles. The largest absolute Gasteiger partial charge is 0.424 e. The van der Waals surface area contributed by atoms with Crippen molar-refractivity contribution in [1.29, 1.82) is 0 Å². The van der Waals surface area contributed by atoms with Gasteiger partial charge < -0.3 is 9.73 Å². The number of aryl methyl sites for hydroxylation is 1. The number of nitrogens with one attached hydrogen (secondary N) is 1. The standard InChI is InChI=1S/C10H9BrClN3O/c1-6-14-15-10(16-6)5-13-7-2-3-8(11)9(12)4-7/h2-4,13H,5H2,1H3. The number of benzene rings is 1. The molecule has 0 amide bonds. The molecule has 0 aliphatic carbocycles. The minimum atomic E-state index is 0.485. The maximum atomic E-state index is 5.96. The van der Waals surface area contributed by atoms with Crippen molar-refractivity contribution >= 4 is 33.2 Å². The van der Waals surface area contributed by atoms with Gasteiger partial charge in [-0.05, 0) is 34.1 Å². The molecule has 1 aromatic heterocycles. The highest BCUT2D eigenvalue weighted by Gasteiger charge is 2.03. The summed E-state index contributed by atoms with van der Waals surface area (Å²) in [5.41, 5.74) is 0.907. The molecule has 0 spiro atoms. The third-order valence-electron chi connectivity index (χ3n) is 1.93. The molecular weight excluding hydrogens is 293 g/mol. The molecule has 2 aromatic rings. The summed E-state index contributed by atoms with van der Waals surface area (Å²) in [6.07, 6.45) is 0. The van der Waals surface area contributed by atoms with Gasteiger partial charge in [0.15, 0.2) is 0 Å². The Kier molecular flexibility index (Phi) is 3.46. The zero-order valence-electron chi connectivity index (χ0n) is 8.50. The van der Waals surface area contributed by atoms with E-state index in [4.69, 9.17) is 16.0 Å². The van der Waals surface area contributed by atoms with E-state index < -0.39 is 0 Å². The molecule has 1 aromatic carbocycles. The first-order chi connectivity index (χ1) is 7.65. The zero-order chi connectivity index (χ0) is 11.5. The van der Waals surface area contributed by atoms with E-state index in [-0.39, 0.29) is 0 Å². The maximum Gasteiger partial charge on any atom is 0.235 e. The second-order valence-electron chi connectivity index (χ2n) is 3.20. The second-order valence-corrected chi connectivity index (χ2v) is 4.46. The van der Waals surface area contributed by atoms with Gasteiger partial charge in [0.1, 0.15) is 0 Å². The molecule has 0 aliphatic heterocycles. The topological polar surface area (TPSA) is 51.0 Å². The molecule has 0 saturated carbocycles. The van der Waals surface area contributed by atoms with Crippen molar-refractivity contribution in [3.63, 3.8) is 0 Å². The first kappa shape index (κ1) is 11.4. The lowest BCUT2D eigenvalue weighted by Crippen LogP contribution is -1.99. The Labute approximate surface area is 106 Å². The Balaban J connectivity index is 2.02. The molecule has 16 heavy (non-hydrogen) atoms. The summed E-state index contributed by atoms with van der Waals surface area (Å²) in [6.45, 7) is 2.24. The summed E-state index contributed by atoms with van der Waals surface area (Å²) in [7, 11) is 0. The number of halogens is 2. The fraction of sp³-hybridized carbons (Fsp3) is 0.200. The molecule has 6 heteroatoms. The normalized spacial score (nSPS) is 10.4. The number of hydrogen-bond donors (Lipinski definition) is 1. The first-order valence-corrected chi connectivity index (χ1v) is 5.80. The fourth-order valence-corrected chi connectivity index (χ4v) is 1.62. The van der Waals surface area contributed by atoms with Crippen LogP contribution in [0.1, 0.15) is 11.8 Å². The van der Waals surface area contributed by atoms with Crippen molar-refractivity contribution in [2.75, 3.05) is 5.32 Å². The first-order valence-electron chi connectivity index (χ1n) is 4.63. The Morgan fingerprint density at radius 1 is 1.44 bits per heavy atom. The summed E-state index contributed by atoms with van der Waals surface area (Å²) in [5.74, 6) is 1.11.